The van der Waals surface area contributed by atoms with Gasteiger partial charge in [-0.15, -0.1) is 0 Å². The van der Waals surface area contributed by atoms with E-state index in [0.29, 0.717) is 18.9 Å². The number of hydrogen-bond donors (Lipinski definition) is 1. The van der Waals surface area contributed by atoms with E-state index < -0.39 is 5.60 Å². The molecule has 2 nitrogen and oxygen atoms in total. The van der Waals surface area contributed by atoms with Crippen LogP contribution in [-0.4, -0.2) is 17.3 Å². The van der Waals surface area contributed by atoms with E-state index in [-0.39, 0.29) is 0 Å². The topological polar surface area (TPSA) is 29.5 Å². The molecule has 0 amide bonds. The van der Waals surface area contributed by atoms with Crippen molar-refractivity contribution in [2.45, 2.75) is 52.6 Å². The van der Waals surface area contributed by atoms with Gasteiger partial charge in [0.1, 0.15) is 12.4 Å². The number of hydrogen-bond acceptors (Lipinski definition) is 2. The van der Waals surface area contributed by atoms with Crippen LogP contribution in [0, 0.1) is 6.92 Å². The lowest BCUT2D eigenvalue weighted by Gasteiger charge is -2.23. The van der Waals surface area contributed by atoms with E-state index in [2.05, 4.69) is 32.9 Å². The summed E-state index contributed by atoms with van der Waals surface area (Å²) in [5, 5.41) is 9.96. The normalized spacial score (nSPS) is 14.8. The number of rotatable bonds is 5. The minimum Gasteiger partial charge on any atom is -0.490 e. The molecule has 0 aliphatic heterocycles. The fraction of sp³-hybridized carbons (Fsp3) is 0.600. The first-order valence-electron chi connectivity index (χ1n) is 6.31. The van der Waals surface area contributed by atoms with Gasteiger partial charge >= 0.3 is 0 Å². The number of aliphatic hydroxyl groups is 1. The van der Waals surface area contributed by atoms with Crippen LogP contribution < -0.4 is 4.74 Å². The first kappa shape index (κ1) is 14.0. The predicted molar refractivity (Wildman–Crippen MR) is 71.7 cm³/mol. The van der Waals surface area contributed by atoms with Crippen molar-refractivity contribution in [2.24, 2.45) is 0 Å². The van der Waals surface area contributed by atoms with Crippen molar-refractivity contribution < 1.29 is 9.84 Å². The molecule has 1 unspecified atom stereocenters. The second-order valence-corrected chi connectivity index (χ2v) is 5.34. The Balaban J connectivity index is 2.85. The lowest BCUT2D eigenvalue weighted by Crippen LogP contribution is -2.31. The standard InChI is InChI=1S/C15H24O2/c1-6-15(5,16)10-17-14-9-12(4)7-8-13(14)11(2)3/h7-9,11,16H,6,10H2,1-5H3. The van der Waals surface area contributed by atoms with Gasteiger partial charge in [-0.05, 0) is 43.4 Å². The minimum absolute atomic E-state index is 0.340. The van der Waals surface area contributed by atoms with Gasteiger partial charge in [0.25, 0.3) is 0 Å². The Morgan fingerprint density at radius 1 is 1.35 bits per heavy atom. The highest BCUT2D eigenvalue weighted by Crippen LogP contribution is 2.28. The van der Waals surface area contributed by atoms with Gasteiger partial charge in [-0.1, -0.05) is 32.9 Å². The third kappa shape index (κ3) is 4.04. The molecule has 0 radical (unpaired) electrons. The summed E-state index contributed by atoms with van der Waals surface area (Å²) in [6, 6.07) is 6.25. The Labute approximate surface area is 105 Å². The summed E-state index contributed by atoms with van der Waals surface area (Å²) in [5.74, 6) is 1.32. The SMILES string of the molecule is CCC(C)(O)COc1cc(C)ccc1C(C)C. The number of benzene rings is 1. The minimum atomic E-state index is -0.752. The highest BCUT2D eigenvalue weighted by atomic mass is 16.5. The van der Waals surface area contributed by atoms with E-state index in [0.717, 1.165) is 5.75 Å². The molecule has 0 saturated heterocycles. The van der Waals surface area contributed by atoms with Gasteiger partial charge in [0, 0.05) is 0 Å². The second kappa shape index (κ2) is 5.54. The van der Waals surface area contributed by atoms with E-state index in [1.807, 2.05) is 13.0 Å². The van der Waals surface area contributed by atoms with Crippen LogP contribution in [0.15, 0.2) is 18.2 Å². The molecular formula is C15H24O2. The predicted octanol–water partition coefficient (Wildman–Crippen LogP) is 3.66. The molecule has 0 aliphatic rings. The molecule has 96 valence electrons. The molecule has 0 bridgehead atoms. The first-order chi connectivity index (χ1) is 7.85. The fourth-order valence-electron chi connectivity index (χ4n) is 1.58. The molecule has 0 fully saturated rings. The van der Waals surface area contributed by atoms with Gasteiger partial charge in [0.15, 0.2) is 0 Å². The molecule has 1 atom stereocenters. The highest BCUT2D eigenvalue weighted by Gasteiger charge is 2.19. The molecule has 1 rings (SSSR count). The van der Waals surface area contributed by atoms with Crippen LogP contribution in [0.4, 0.5) is 0 Å². The summed E-state index contributed by atoms with van der Waals surface area (Å²) in [7, 11) is 0. The van der Waals surface area contributed by atoms with Crippen LogP contribution in [0.5, 0.6) is 5.75 Å². The molecule has 0 heterocycles. The zero-order valence-corrected chi connectivity index (χ0v) is 11.6. The van der Waals surface area contributed by atoms with E-state index in [1.165, 1.54) is 11.1 Å². The Bertz CT molecular complexity index is 367. The molecule has 1 N–H and O–H groups in total. The van der Waals surface area contributed by atoms with Gasteiger partial charge < -0.3 is 9.84 Å². The highest BCUT2D eigenvalue weighted by molar-refractivity contribution is 5.39. The van der Waals surface area contributed by atoms with Gasteiger partial charge in [-0.25, -0.2) is 0 Å². The maximum atomic E-state index is 9.96. The summed E-state index contributed by atoms with van der Waals surface area (Å²) in [6.07, 6.45) is 0.690. The van der Waals surface area contributed by atoms with Gasteiger partial charge in [-0.2, -0.15) is 0 Å². The maximum Gasteiger partial charge on any atom is 0.123 e. The van der Waals surface area contributed by atoms with E-state index in [1.54, 1.807) is 6.92 Å². The van der Waals surface area contributed by atoms with Crippen LogP contribution >= 0.6 is 0 Å². The molecule has 0 spiro atoms. The van der Waals surface area contributed by atoms with E-state index in [9.17, 15) is 5.11 Å². The van der Waals surface area contributed by atoms with Gasteiger partial charge in [0.2, 0.25) is 0 Å². The zero-order valence-electron chi connectivity index (χ0n) is 11.6. The Morgan fingerprint density at radius 3 is 2.53 bits per heavy atom. The van der Waals surface area contributed by atoms with Crippen LogP contribution in [-0.2, 0) is 0 Å². The molecule has 17 heavy (non-hydrogen) atoms. The van der Waals surface area contributed by atoms with Crippen LogP contribution in [0.1, 0.15) is 51.2 Å². The Morgan fingerprint density at radius 2 is 2.00 bits per heavy atom. The zero-order chi connectivity index (χ0) is 13.1. The monoisotopic (exact) mass is 236 g/mol. The van der Waals surface area contributed by atoms with Crippen molar-refractivity contribution in [3.63, 3.8) is 0 Å². The molecule has 2 heteroatoms. The van der Waals surface area contributed by atoms with Crippen LogP contribution in [0.2, 0.25) is 0 Å². The van der Waals surface area contributed by atoms with Crippen molar-refractivity contribution >= 4 is 0 Å². The van der Waals surface area contributed by atoms with Gasteiger partial charge in [-0.3, -0.25) is 0 Å². The number of aryl methyl sites for hydroxylation is 1. The van der Waals surface area contributed by atoms with Crippen molar-refractivity contribution in [1.82, 2.24) is 0 Å². The smallest absolute Gasteiger partial charge is 0.123 e. The third-order valence-electron chi connectivity index (χ3n) is 3.09. The average Bonchev–Trinajstić information content (AvgIpc) is 2.26. The Hall–Kier alpha value is -1.02. The maximum absolute atomic E-state index is 9.96. The quantitative estimate of drug-likeness (QED) is 0.845. The van der Waals surface area contributed by atoms with Crippen molar-refractivity contribution in [3.05, 3.63) is 29.3 Å². The van der Waals surface area contributed by atoms with Crippen molar-refractivity contribution in [1.29, 1.82) is 0 Å². The average molecular weight is 236 g/mol. The molecule has 0 saturated carbocycles. The van der Waals surface area contributed by atoms with Crippen molar-refractivity contribution in [3.8, 4) is 5.75 Å². The first-order valence-corrected chi connectivity index (χ1v) is 6.31. The molecule has 0 aromatic heterocycles. The lowest BCUT2D eigenvalue weighted by atomic mass is 10.0. The van der Waals surface area contributed by atoms with Crippen molar-refractivity contribution in [2.75, 3.05) is 6.61 Å². The largest absolute Gasteiger partial charge is 0.490 e. The summed E-state index contributed by atoms with van der Waals surface area (Å²) < 4.78 is 5.78. The number of ether oxygens (including phenoxy) is 1. The second-order valence-electron chi connectivity index (χ2n) is 5.34. The lowest BCUT2D eigenvalue weighted by molar-refractivity contribution is 0.00810. The van der Waals surface area contributed by atoms with E-state index >= 15 is 0 Å². The fourth-order valence-corrected chi connectivity index (χ4v) is 1.58. The molecule has 0 aliphatic carbocycles. The molecule has 1 aromatic rings. The third-order valence-corrected chi connectivity index (χ3v) is 3.09. The summed E-state index contributed by atoms with van der Waals surface area (Å²) in [5.41, 5.74) is 1.63. The summed E-state index contributed by atoms with van der Waals surface area (Å²) >= 11 is 0. The van der Waals surface area contributed by atoms with E-state index in [4.69, 9.17) is 4.74 Å². The van der Waals surface area contributed by atoms with Crippen LogP contribution in [0.3, 0.4) is 0 Å². The van der Waals surface area contributed by atoms with Crippen LogP contribution in [0.25, 0.3) is 0 Å². The summed E-state index contributed by atoms with van der Waals surface area (Å²) in [4.78, 5) is 0. The Kier molecular flexibility index (Phi) is 4.58. The molecule has 1 aromatic carbocycles. The van der Waals surface area contributed by atoms with Gasteiger partial charge in [0.05, 0.1) is 5.60 Å². The summed E-state index contributed by atoms with van der Waals surface area (Å²) in [6.45, 7) is 10.5. The molecular weight excluding hydrogens is 212 g/mol.